The van der Waals surface area contributed by atoms with Crippen LogP contribution in [0, 0.1) is 11.8 Å². The van der Waals surface area contributed by atoms with E-state index in [1.807, 2.05) is 31.2 Å². The molecule has 9 heteroatoms. The molecule has 0 aliphatic carbocycles. The Bertz CT molecular complexity index is 1120. The van der Waals surface area contributed by atoms with Gasteiger partial charge in [-0.3, -0.25) is 14.4 Å². The first-order valence-corrected chi connectivity index (χ1v) is 15.2. The quantitative estimate of drug-likeness (QED) is 0.206. The fourth-order valence-corrected chi connectivity index (χ4v) is 9.25. The maximum absolute atomic E-state index is 14.6. The molecule has 40 heavy (non-hydrogen) atoms. The maximum Gasteiger partial charge on any atom is 0.311 e. The number of benzene rings is 1. The Morgan fingerprint density at radius 3 is 2.42 bits per heavy atom. The van der Waals surface area contributed by atoms with E-state index in [1.54, 1.807) is 33.7 Å². The van der Waals surface area contributed by atoms with Crippen molar-refractivity contribution < 1.29 is 24.2 Å². The van der Waals surface area contributed by atoms with Gasteiger partial charge < -0.3 is 24.5 Å². The SMILES string of the molecule is C=CCCOC(=O)[C@H]1[C@H]2C(=O)N(CCCO)C(C(=O)N(CC=C)c3ccc(N(CC)CC)cc3)C23CC[C@]1(C)S3. The summed E-state index contributed by atoms with van der Waals surface area (Å²) in [5, 5.41) is 9.62. The first kappa shape index (κ1) is 30.2. The van der Waals surface area contributed by atoms with Crippen LogP contribution in [0.2, 0.25) is 0 Å². The minimum Gasteiger partial charge on any atom is -0.465 e. The molecule has 2 amide bonds. The molecule has 218 valence electrons. The summed E-state index contributed by atoms with van der Waals surface area (Å²) in [7, 11) is 0. The Kier molecular flexibility index (Phi) is 9.35. The number of aliphatic hydroxyl groups is 1. The van der Waals surface area contributed by atoms with Gasteiger partial charge in [0, 0.05) is 48.9 Å². The molecule has 1 aromatic rings. The van der Waals surface area contributed by atoms with Gasteiger partial charge in [-0.1, -0.05) is 12.2 Å². The molecule has 3 aliphatic heterocycles. The fourth-order valence-electron chi connectivity index (χ4n) is 6.91. The topological polar surface area (TPSA) is 90.4 Å². The molecule has 2 unspecified atom stereocenters. The number of anilines is 2. The number of carbonyl (C=O) groups excluding carboxylic acids is 3. The average Bonchev–Trinajstić information content (AvgIpc) is 3.52. The molecule has 5 atom stereocenters. The van der Waals surface area contributed by atoms with Crippen molar-refractivity contribution in [2.75, 3.05) is 49.2 Å². The van der Waals surface area contributed by atoms with Crippen LogP contribution < -0.4 is 9.80 Å². The van der Waals surface area contributed by atoms with Crippen LogP contribution in [0.5, 0.6) is 0 Å². The van der Waals surface area contributed by atoms with Crippen molar-refractivity contribution in [1.29, 1.82) is 0 Å². The van der Waals surface area contributed by atoms with Gasteiger partial charge >= 0.3 is 5.97 Å². The molecule has 3 fully saturated rings. The van der Waals surface area contributed by atoms with E-state index in [0.717, 1.165) is 30.9 Å². The number of fused-ring (bicyclic) bond motifs is 1. The summed E-state index contributed by atoms with van der Waals surface area (Å²) in [5.74, 6) is -2.01. The second kappa shape index (κ2) is 12.4. The van der Waals surface area contributed by atoms with Crippen LogP contribution in [0.1, 0.15) is 46.5 Å². The van der Waals surface area contributed by atoms with Gasteiger partial charge in [0.05, 0.1) is 23.2 Å². The van der Waals surface area contributed by atoms with E-state index < -0.39 is 27.4 Å². The number of ether oxygens (including phenoxy) is 1. The Morgan fingerprint density at radius 1 is 1.15 bits per heavy atom. The molecule has 3 saturated heterocycles. The third kappa shape index (κ3) is 5.07. The molecule has 0 radical (unpaired) electrons. The largest absolute Gasteiger partial charge is 0.465 e. The van der Waals surface area contributed by atoms with Crippen LogP contribution in [0.4, 0.5) is 11.4 Å². The highest BCUT2D eigenvalue weighted by Gasteiger charge is 2.77. The summed E-state index contributed by atoms with van der Waals surface area (Å²) < 4.78 is 4.39. The molecule has 3 aliphatic rings. The summed E-state index contributed by atoms with van der Waals surface area (Å²) in [6, 6.07) is 7.17. The first-order valence-electron chi connectivity index (χ1n) is 14.4. The zero-order chi connectivity index (χ0) is 29.1. The molecule has 1 spiro atoms. The van der Waals surface area contributed by atoms with Crippen LogP contribution in [-0.4, -0.2) is 82.7 Å². The average molecular weight is 570 g/mol. The molecule has 1 aromatic carbocycles. The molecular formula is C31H43N3O5S. The van der Waals surface area contributed by atoms with Gasteiger partial charge in [0.1, 0.15) is 6.04 Å². The molecule has 2 bridgehead atoms. The summed E-state index contributed by atoms with van der Waals surface area (Å²) in [4.78, 5) is 47.6. The monoisotopic (exact) mass is 569 g/mol. The van der Waals surface area contributed by atoms with Crippen LogP contribution in [0.15, 0.2) is 49.6 Å². The van der Waals surface area contributed by atoms with Crippen molar-refractivity contribution in [3.05, 3.63) is 49.6 Å². The Balaban J connectivity index is 1.72. The van der Waals surface area contributed by atoms with E-state index in [0.29, 0.717) is 19.3 Å². The maximum atomic E-state index is 14.6. The molecular weight excluding hydrogens is 526 g/mol. The van der Waals surface area contributed by atoms with Gasteiger partial charge in [0.15, 0.2) is 0 Å². The number of esters is 1. The van der Waals surface area contributed by atoms with E-state index in [-0.39, 0.29) is 44.1 Å². The van der Waals surface area contributed by atoms with Crippen molar-refractivity contribution in [2.24, 2.45) is 11.8 Å². The highest BCUT2D eigenvalue weighted by molar-refractivity contribution is 8.02. The smallest absolute Gasteiger partial charge is 0.311 e. The van der Waals surface area contributed by atoms with Crippen molar-refractivity contribution in [3.63, 3.8) is 0 Å². The van der Waals surface area contributed by atoms with Gasteiger partial charge in [0.2, 0.25) is 5.91 Å². The van der Waals surface area contributed by atoms with Crippen LogP contribution in [0.25, 0.3) is 0 Å². The number of amides is 2. The molecule has 8 nitrogen and oxygen atoms in total. The predicted molar refractivity (Wildman–Crippen MR) is 160 cm³/mol. The number of aliphatic hydroxyl groups excluding tert-OH is 1. The standard InChI is InChI=1S/C31H43N3O5S/c1-6-10-21-39-29(38)25-24-27(36)34(19-11-20-35)26(31(24)17-16-30(25,5)40-31)28(37)33(18-7-2)23-14-12-22(13-15-23)32(8-3)9-4/h6-7,12-15,24-26,35H,1-2,8-11,16-21H2,3-5H3/t24-,25+,26?,30-,31?/m0/s1. The highest BCUT2D eigenvalue weighted by atomic mass is 32.2. The number of carbonyl (C=O) groups is 3. The lowest BCUT2D eigenvalue weighted by Crippen LogP contribution is -2.55. The van der Waals surface area contributed by atoms with Gasteiger partial charge in [-0.05, 0) is 70.7 Å². The number of hydrogen-bond acceptors (Lipinski definition) is 7. The van der Waals surface area contributed by atoms with E-state index in [4.69, 9.17) is 4.74 Å². The van der Waals surface area contributed by atoms with Crippen molar-refractivity contribution in [1.82, 2.24) is 4.90 Å². The Morgan fingerprint density at radius 2 is 1.82 bits per heavy atom. The highest BCUT2D eigenvalue weighted by Crippen LogP contribution is 2.71. The summed E-state index contributed by atoms with van der Waals surface area (Å²) in [6.07, 6.45) is 5.67. The van der Waals surface area contributed by atoms with Crippen LogP contribution in [0.3, 0.4) is 0 Å². The molecule has 3 heterocycles. The lowest BCUT2D eigenvalue weighted by Gasteiger charge is -2.37. The van der Waals surface area contributed by atoms with E-state index in [2.05, 4.69) is 31.9 Å². The van der Waals surface area contributed by atoms with E-state index >= 15 is 0 Å². The minimum absolute atomic E-state index is 0.0938. The number of thioether (sulfide) groups is 1. The number of likely N-dealkylation sites (tertiary alicyclic amines) is 1. The van der Waals surface area contributed by atoms with Crippen molar-refractivity contribution >= 4 is 40.9 Å². The second-order valence-electron chi connectivity index (χ2n) is 11.0. The zero-order valence-corrected chi connectivity index (χ0v) is 24.8. The molecule has 4 rings (SSSR count). The van der Waals surface area contributed by atoms with Gasteiger partial charge in [0.25, 0.3) is 5.91 Å². The lowest BCUT2D eigenvalue weighted by molar-refractivity contribution is -0.155. The molecule has 0 aromatic heterocycles. The molecule has 0 saturated carbocycles. The third-order valence-corrected chi connectivity index (χ3v) is 10.7. The second-order valence-corrected chi connectivity index (χ2v) is 12.9. The van der Waals surface area contributed by atoms with Gasteiger partial charge in [-0.25, -0.2) is 0 Å². The van der Waals surface area contributed by atoms with Gasteiger partial charge in [-0.2, -0.15) is 0 Å². The van der Waals surface area contributed by atoms with Crippen molar-refractivity contribution in [3.8, 4) is 0 Å². The van der Waals surface area contributed by atoms with E-state index in [1.165, 1.54) is 0 Å². The Hall–Kier alpha value is -2.78. The first-order chi connectivity index (χ1) is 19.2. The summed E-state index contributed by atoms with van der Waals surface area (Å²) in [6.45, 7) is 16.3. The summed E-state index contributed by atoms with van der Waals surface area (Å²) >= 11 is 1.62. The molecule has 1 N–H and O–H groups in total. The van der Waals surface area contributed by atoms with Crippen LogP contribution in [-0.2, 0) is 19.1 Å². The van der Waals surface area contributed by atoms with Gasteiger partial charge in [-0.15, -0.1) is 24.9 Å². The number of hydrogen-bond donors (Lipinski definition) is 1. The zero-order valence-electron chi connectivity index (χ0n) is 24.0. The minimum atomic E-state index is -0.753. The fraction of sp³-hybridized carbons (Fsp3) is 0.581. The predicted octanol–water partition coefficient (Wildman–Crippen LogP) is 4.03. The number of nitrogens with zero attached hydrogens (tertiary/aromatic N) is 3. The van der Waals surface area contributed by atoms with Crippen molar-refractivity contribution in [2.45, 2.75) is 62.0 Å². The normalized spacial score (nSPS) is 28.4. The lowest BCUT2D eigenvalue weighted by atomic mass is 9.66. The Labute approximate surface area is 242 Å². The third-order valence-electron chi connectivity index (χ3n) is 8.76. The van der Waals surface area contributed by atoms with Crippen LogP contribution >= 0.6 is 11.8 Å². The van der Waals surface area contributed by atoms with E-state index in [9.17, 15) is 19.5 Å². The summed E-state index contributed by atoms with van der Waals surface area (Å²) in [5.41, 5.74) is 1.81. The number of rotatable bonds is 14.